The van der Waals surface area contributed by atoms with Crippen LogP contribution >= 0.6 is 0 Å². The summed E-state index contributed by atoms with van der Waals surface area (Å²) in [6.07, 6.45) is 2.92. The summed E-state index contributed by atoms with van der Waals surface area (Å²) in [7, 11) is 0. The van der Waals surface area contributed by atoms with E-state index in [0.29, 0.717) is 12.8 Å². The van der Waals surface area contributed by atoms with E-state index in [1.807, 2.05) is 6.92 Å². The van der Waals surface area contributed by atoms with Crippen molar-refractivity contribution in [3.05, 3.63) is 0 Å². The van der Waals surface area contributed by atoms with Gasteiger partial charge in [0.25, 0.3) is 0 Å². The van der Waals surface area contributed by atoms with Gasteiger partial charge in [0.05, 0.1) is 11.8 Å². The maximum absolute atomic E-state index is 12.0. The van der Waals surface area contributed by atoms with Crippen LogP contribution in [0.2, 0.25) is 0 Å². The third-order valence-electron chi connectivity index (χ3n) is 3.99. The van der Waals surface area contributed by atoms with Crippen molar-refractivity contribution in [1.29, 1.82) is 0 Å². The summed E-state index contributed by atoms with van der Waals surface area (Å²) in [5, 5.41) is 15.1. The van der Waals surface area contributed by atoms with E-state index in [1.54, 1.807) is 0 Å². The van der Waals surface area contributed by atoms with Gasteiger partial charge in [-0.2, -0.15) is 0 Å². The molecule has 2 fully saturated rings. The van der Waals surface area contributed by atoms with Gasteiger partial charge in [-0.15, -0.1) is 0 Å². The number of amides is 1. The molecule has 0 aromatic rings. The molecule has 17 heavy (non-hydrogen) atoms. The summed E-state index contributed by atoms with van der Waals surface area (Å²) < 4.78 is 0. The van der Waals surface area contributed by atoms with Gasteiger partial charge in [-0.3, -0.25) is 9.59 Å². The molecule has 1 aliphatic heterocycles. The number of hydrogen-bond acceptors (Lipinski definition) is 3. The predicted molar refractivity (Wildman–Crippen MR) is 62.5 cm³/mol. The van der Waals surface area contributed by atoms with Crippen LogP contribution in [0.25, 0.3) is 0 Å². The van der Waals surface area contributed by atoms with Crippen molar-refractivity contribution in [2.45, 2.75) is 44.7 Å². The first-order chi connectivity index (χ1) is 8.08. The van der Waals surface area contributed by atoms with E-state index in [-0.39, 0.29) is 29.8 Å². The van der Waals surface area contributed by atoms with Crippen LogP contribution in [0.4, 0.5) is 0 Å². The Labute approximate surface area is 101 Å². The van der Waals surface area contributed by atoms with Crippen LogP contribution in [0.5, 0.6) is 0 Å². The Kier molecular flexibility index (Phi) is 3.66. The Bertz CT molecular complexity index is 319. The van der Waals surface area contributed by atoms with E-state index in [4.69, 9.17) is 5.11 Å². The molecule has 0 aromatic heterocycles. The SMILES string of the molecule is CC1NCCC1C(=O)N[C@H]1CC[C@@H](C(=O)O)C1. The smallest absolute Gasteiger partial charge is 0.306 e. The lowest BCUT2D eigenvalue weighted by Gasteiger charge is -2.18. The molecule has 2 unspecified atom stereocenters. The summed E-state index contributed by atoms with van der Waals surface area (Å²) in [5.41, 5.74) is 0. The highest BCUT2D eigenvalue weighted by molar-refractivity contribution is 5.80. The minimum atomic E-state index is -0.738. The van der Waals surface area contributed by atoms with Crippen molar-refractivity contribution < 1.29 is 14.7 Å². The number of carbonyl (C=O) groups is 2. The van der Waals surface area contributed by atoms with E-state index in [0.717, 1.165) is 19.4 Å². The monoisotopic (exact) mass is 240 g/mol. The quantitative estimate of drug-likeness (QED) is 0.665. The van der Waals surface area contributed by atoms with E-state index in [9.17, 15) is 9.59 Å². The first-order valence-corrected chi connectivity index (χ1v) is 6.34. The second-order valence-corrected chi connectivity index (χ2v) is 5.19. The van der Waals surface area contributed by atoms with Crippen molar-refractivity contribution in [2.24, 2.45) is 11.8 Å². The molecule has 1 aliphatic carbocycles. The molecule has 1 saturated heterocycles. The highest BCUT2D eigenvalue weighted by Gasteiger charge is 2.34. The average Bonchev–Trinajstić information content (AvgIpc) is 2.86. The third kappa shape index (κ3) is 2.77. The Balaban J connectivity index is 1.82. The van der Waals surface area contributed by atoms with Crippen LogP contribution in [0.1, 0.15) is 32.6 Å². The van der Waals surface area contributed by atoms with Crippen molar-refractivity contribution in [1.82, 2.24) is 10.6 Å². The molecule has 0 radical (unpaired) electrons. The van der Waals surface area contributed by atoms with Crippen molar-refractivity contribution in [3.63, 3.8) is 0 Å². The molecule has 0 spiro atoms. The second kappa shape index (κ2) is 5.04. The van der Waals surface area contributed by atoms with Crippen molar-refractivity contribution in [3.8, 4) is 0 Å². The Morgan fingerprint density at radius 2 is 2.06 bits per heavy atom. The minimum Gasteiger partial charge on any atom is -0.481 e. The number of hydrogen-bond donors (Lipinski definition) is 3. The normalized spacial score (nSPS) is 37.0. The summed E-state index contributed by atoms with van der Waals surface area (Å²) in [6.45, 7) is 2.91. The third-order valence-corrected chi connectivity index (χ3v) is 3.99. The highest BCUT2D eigenvalue weighted by atomic mass is 16.4. The highest BCUT2D eigenvalue weighted by Crippen LogP contribution is 2.26. The lowest BCUT2D eigenvalue weighted by atomic mass is 10.0. The van der Waals surface area contributed by atoms with Crippen LogP contribution in [0.3, 0.4) is 0 Å². The van der Waals surface area contributed by atoms with E-state index in [1.165, 1.54) is 0 Å². The molecule has 1 saturated carbocycles. The van der Waals surface area contributed by atoms with Crippen LogP contribution in [0, 0.1) is 11.8 Å². The summed E-state index contributed by atoms with van der Waals surface area (Å²) in [5.74, 6) is -0.894. The predicted octanol–water partition coefficient (Wildman–Crippen LogP) is 0.354. The number of carbonyl (C=O) groups excluding carboxylic acids is 1. The molecule has 5 heteroatoms. The fraction of sp³-hybridized carbons (Fsp3) is 0.833. The number of carboxylic acids is 1. The molecule has 96 valence electrons. The number of carboxylic acid groups (broad SMARTS) is 1. The molecule has 2 aliphatic rings. The molecule has 3 N–H and O–H groups in total. The van der Waals surface area contributed by atoms with Gasteiger partial charge in [0.1, 0.15) is 0 Å². The number of nitrogens with one attached hydrogen (secondary N) is 2. The standard InChI is InChI=1S/C12H20N2O3/c1-7-10(4-5-13-7)11(15)14-9-3-2-8(6-9)12(16)17/h7-10,13H,2-6H2,1H3,(H,14,15)(H,16,17)/t7?,8-,9+,10?/m1/s1. The van der Waals surface area contributed by atoms with E-state index < -0.39 is 5.97 Å². The molecule has 4 atom stereocenters. The molecular formula is C12H20N2O3. The largest absolute Gasteiger partial charge is 0.481 e. The molecule has 5 nitrogen and oxygen atoms in total. The summed E-state index contributed by atoms with van der Waals surface area (Å²) in [4.78, 5) is 22.8. The first-order valence-electron chi connectivity index (χ1n) is 6.34. The first kappa shape index (κ1) is 12.4. The van der Waals surface area contributed by atoms with Gasteiger partial charge < -0.3 is 15.7 Å². The average molecular weight is 240 g/mol. The van der Waals surface area contributed by atoms with Crippen molar-refractivity contribution in [2.75, 3.05) is 6.54 Å². The van der Waals surface area contributed by atoms with E-state index >= 15 is 0 Å². The molecule has 1 amide bonds. The Morgan fingerprint density at radius 1 is 1.29 bits per heavy atom. The lowest BCUT2D eigenvalue weighted by Crippen LogP contribution is -2.41. The summed E-state index contributed by atoms with van der Waals surface area (Å²) in [6, 6.07) is 0.281. The van der Waals surface area contributed by atoms with Gasteiger partial charge in [0.2, 0.25) is 5.91 Å². The maximum atomic E-state index is 12.0. The number of aliphatic carboxylic acids is 1. The zero-order valence-electron chi connectivity index (χ0n) is 10.1. The fourth-order valence-electron chi connectivity index (χ4n) is 2.86. The van der Waals surface area contributed by atoms with Crippen LogP contribution in [-0.2, 0) is 9.59 Å². The topological polar surface area (TPSA) is 78.4 Å². The molecule has 1 heterocycles. The molecule has 2 rings (SSSR count). The minimum absolute atomic E-state index is 0.0406. The van der Waals surface area contributed by atoms with Gasteiger partial charge >= 0.3 is 5.97 Å². The zero-order chi connectivity index (χ0) is 12.4. The van der Waals surface area contributed by atoms with E-state index in [2.05, 4.69) is 10.6 Å². The molecule has 0 aromatic carbocycles. The molecular weight excluding hydrogens is 220 g/mol. The van der Waals surface area contributed by atoms with Crippen LogP contribution in [-0.4, -0.2) is 35.6 Å². The zero-order valence-corrected chi connectivity index (χ0v) is 10.1. The van der Waals surface area contributed by atoms with Gasteiger partial charge in [0.15, 0.2) is 0 Å². The Morgan fingerprint density at radius 3 is 2.59 bits per heavy atom. The van der Waals surface area contributed by atoms with Gasteiger partial charge in [-0.05, 0) is 39.2 Å². The fourth-order valence-corrected chi connectivity index (χ4v) is 2.86. The Hall–Kier alpha value is -1.10. The van der Waals surface area contributed by atoms with Gasteiger partial charge in [-0.25, -0.2) is 0 Å². The number of rotatable bonds is 3. The van der Waals surface area contributed by atoms with Crippen molar-refractivity contribution >= 4 is 11.9 Å². The lowest BCUT2D eigenvalue weighted by molar-refractivity contribution is -0.141. The van der Waals surface area contributed by atoms with Gasteiger partial charge in [-0.1, -0.05) is 0 Å². The van der Waals surface area contributed by atoms with Crippen LogP contribution in [0.15, 0.2) is 0 Å². The van der Waals surface area contributed by atoms with Gasteiger partial charge in [0, 0.05) is 12.1 Å². The maximum Gasteiger partial charge on any atom is 0.306 e. The van der Waals surface area contributed by atoms with Crippen LogP contribution < -0.4 is 10.6 Å². The summed E-state index contributed by atoms with van der Waals surface area (Å²) >= 11 is 0. The molecule has 0 bridgehead atoms. The second-order valence-electron chi connectivity index (χ2n) is 5.19.